The molecule has 38 heavy (non-hydrogen) atoms. The van der Waals surface area contributed by atoms with Crippen LogP contribution in [0.3, 0.4) is 0 Å². The Morgan fingerprint density at radius 2 is 1.92 bits per heavy atom. The van der Waals surface area contributed by atoms with Crippen molar-refractivity contribution in [1.29, 1.82) is 0 Å². The zero-order valence-electron chi connectivity index (χ0n) is 24.1. The van der Waals surface area contributed by atoms with Crippen LogP contribution >= 0.6 is 0 Å². The van der Waals surface area contributed by atoms with Crippen LogP contribution in [0.1, 0.15) is 104 Å². The fourth-order valence-corrected chi connectivity index (χ4v) is 5.99. The summed E-state index contributed by atoms with van der Waals surface area (Å²) in [6, 6.07) is 0.810. The van der Waals surface area contributed by atoms with E-state index < -0.39 is 11.6 Å². The van der Waals surface area contributed by atoms with Crippen LogP contribution in [-0.4, -0.2) is 93.7 Å². The van der Waals surface area contributed by atoms with Crippen LogP contribution in [0, 0.1) is 0 Å². The first-order valence-corrected chi connectivity index (χ1v) is 14.9. The van der Waals surface area contributed by atoms with Gasteiger partial charge >= 0.3 is 5.97 Å². The molecule has 8 atom stereocenters. The number of aliphatic hydroxyl groups is 3. The van der Waals surface area contributed by atoms with Gasteiger partial charge in [-0.1, -0.05) is 32.1 Å². The number of rotatable bonds is 18. The second-order valence-electron chi connectivity index (χ2n) is 12.5. The smallest absolute Gasteiger partial charge is 0.306 e. The minimum atomic E-state index is -1.27. The summed E-state index contributed by atoms with van der Waals surface area (Å²) in [5, 5.41) is 53.9. The Morgan fingerprint density at radius 1 is 1.21 bits per heavy atom. The van der Waals surface area contributed by atoms with Crippen molar-refractivity contribution in [2.24, 2.45) is 5.73 Å². The van der Waals surface area contributed by atoms with E-state index in [1.165, 1.54) is 0 Å². The van der Waals surface area contributed by atoms with Crippen molar-refractivity contribution in [1.82, 2.24) is 21.3 Å². The molecular weight excluding hydrogens is 486 g/mol. The van der Waals surface area contributed by atoms with Crippen LogP contribution in [-0.2, 0) is 4.79 Å². The Hall–Kier alpha value is -0.850. The first kappa shape index (κ1) is 33.4. The molecule has 10 N–H and O–H groups in total. The van der Waals surface area contributed by atoms with Crippen molar-refractivity contribution < 1.29 is 25.2 Å². The Balaban J connectivity index is 1.71. The van der Waals surface area contributed by atoms with Crippen molar-refractivity contribution in [3.8, 4) is 0 Å². The third-order valence-corrected chi connectivity index (χ3v) is 8.43. The van der Waals surface area contributed by atoms with Crippen LogP contribution in [0.25, 0.3) is 0 Å². The molecule has 0 radical (unpaired) electrons. The Morgan fingerprint density at radius 3 is 2.58 bits per heavy atom. The number of hydrogen-bond donors (Lipinski definition) is 9. The minimum absolute atomic E-state index is 0.0916. The van der Waals surface area contributed by atoms with E-state index >= 15 is 0 Å². The van der Waals surface area contributed by atoms with Gasteiger partial charge in [-0.2, -0.15) is 0 Å². The van der Waals surface area contributed by atoms with Crippen molar-refractivity contribution in [2.75, 3.05) is 19.6 Å². The predicted octanol–water partition coefficient (Wildman–Crippen LogP) is 1.17. The minimum Gasteiger partial charge on any atom is -0.481 e. The van der Waals surface area contributed by atoms with Crippen LogP contribution in [0.4, 0.5) is 0 Å². The molecule has 2 aliphatic rings. The molecular formula is C28H57N5O5. The fourth-order valence-electron chi connectivity index (χ4n) is 5.99. The van der Waals surface area contributed by atoms with E-state index in [4.69, 9.17) is 5.73 Å². The molecule has 0 aromatic carbocycles. The van der Waals surface area contributed by atoms with Crippen LogP contribution < -0.4 is 27.0 Å². The van der Waals surface area contributed by atoms with E-state index in [1.807, 2.05) is 6.92 Å². The molecule has 10 nitrogen and oxygen atoms in total. The van der Waals surface area contributed by atoms with Crippen molar-refractivity contribution >= 4 is 5.97 Å². The highest BCUT2D eigenvalue weighted by Crippen LogP contribution is 2.25. The van der Waals surface area contributed by atoms with E-state index in [2.05, 4.69) is 28.2 Å². The number of carboxylic acids is 1. The molecule has 0 spiro atoms. The molecule has 2 heterocycles. The zero-order valence-corrected chi connectivity index (χ0v) is 24.1. The summed E-state index contributed by atoms with van der Waals surface area (Å²) in [7, 11) is 0. The summed E-state index contributed by atoms with van der Waals surface area (Å²) in [6.45, 7) is 7.55. The maximum Gasteiger partial charge on any atom is 0.306 e. The summed E-state index contributed by atoms with van der Waals surface area (Å²) in [6.07, 6.45) is 9.84. The lowest BCUT2D eigenvalue weighted by molar-refractivity contribution is -0.143. The second kappa shape index (κ2) is 16.4. The highest BCUT2D eigenvalue weighted by molar-refractivity contribution is 5.68. The monoisotopic (exact) mass is 543 g/mol. The number of β-amino-alcohol motifs (C(OH)–C–C–N with tert-alkyl or cyclic N) is 1. The number of aliphatic carboxylic acids is 1. The van der Waals surface area contributed by atoms with Crippen LogP contribution in [0.5, 0.6) is 0 Å². The van der Waals surface area contributed by atoms with Crippen LogP contribution in [0.2, 0.25) is 0 Å². The number of carbonyl (C=O) groups is 1. The van der Waals surface area contributed by atoms with Gasteiger partial charge in [0.15, 0.2) is 0 Å². The van der Waals surface area contributed by atoms with E-state index in [-0.39, 0.29) is 42.9 Å². The maximum absolute atomic E-state index is 11.5. The first-order valence-electron chi connectivity index (χ1n) is 14.9. The van der Waals surface area contributed by atoms with Crippen molar-refractivity contribution in [3.05, 3.63) is 0 Å². The Labute approximate surface area is 229 Å². The number of nitrogens with two attached hydrogens (primary N) is 1. The summed E-state index contributed by atoms with van der Waals surface area (Å²) in [4.78, 5) is 11.5. The highest BCUT2D eigenvalue weighted by atomic mass is 16.4. The highest BCUT2D eigenvalue weighted by Gasteiger charge is 2.35. The second-order valence-corrected chi connectivity index (χ2v) is 12.5. The quantitative estimate of drug-likeness (QED) is 0.114. The van der Waals surface area contributed by atoms with Gasteiger partial charge in [-0.05, 0) is 72.3 Å². The van der Waals surface area contributed by atoms with Gasteiger partial charge in [0.2, 0.25) is 0 Å². The molecule has 0 saturated carbocycles. The molecule has 0 amide bonds. The molecule has 0 aromatic heterocycles. The average Bonchev–Trinajstić information content (AvgIpc) is 2.82. The standard InChI is InChI=1S/C28H57N5O5/c1-20(34)18-31-22(15-23-10-11-24(35)21(2)33-23)9-7-5-4-6-8-12-28(38,17-26(36)37)19-32-27(3)13-14-30-25(29)16-27/h20-25,30-35,38H,4-19,29H2,1-3H3,(H,36,37)/t20-,21-,22+,23-,24+,25-,27+,28+/m0/s1. The van der Waals surface area contributed by atoms with Gasteiger partial charge in [-0.15, -0.1) is 0 Å². The van der Waals surface area contributed by atoms with E-state index in [1.54, 1.807) is 6.92 Å². The van der Waals surface area contributed by atoms with E-state index in [9.17, 15) is 25.2 Å². The number of piperidine rings is 2. The van der Waals surface area contributed by atoms with Gasteiger partial charge in [0, 0.05) is 36.8 Å². The largest absolute Gasteiger partial charge is 0.481 e. The SMILES string of the molecule is C[C@H](O)CN[C@H](CCCCCCC[C@](O)(CN[C@]1(C)CCN[C@H](N)C1)CC(=O)O)C[C@@H]1CC[C@@H](O)[C@H](C)N1. The summed E-state index contributed by atoms with van der Waals surface area (Å²) in [5.74, 6) is -0.978. The lowest BCUT2D eigenvalue weighted by Crippen LogP contribution is -2.59. The molecule has 2 rings (SSSR count). The normalized spacial score (nSPS) is 31.4. The zero-order chi connectivity index (χ0) is 28.2. The van der Waals surface area contributed by atoms with Gasteiger partial charge in [-0.3, -0.25) is 4.79 Å². The molecule has 0 aliphatic carbocycles. The molecule has 2 aliphatic heterocycles. The third kappa shape index (κ3) is 13.0. The maximum atomic E-state index is 11.5. The molecule has 224 valence electrons. The number of nitrogens with one attached hydrogen (secondary N) is 4. The van der Waals surface area contributed by atoms with Gasteiger partial charge in [0.1, 0.15) is 0 Å². The van der Waals surface area contributed by atoms with Crippen molar-refractivity contribution in [2.45, 2.75) is 152 Å². The topological polar surface area (TPSA) is 172 Å². The molecule has 2 saturated heterocycles. The van der Waals surface area contributed by atoms with Crippen LogP contribution in [0.15, 0.2) is 0 Å². The summed E-state index contributed by atoms with van der Waals surface area (Å²) in [5.41, 5.74) is 4.57. The van der Waals surface area contributed by atoms with Gasteiger partial charge < -0.3 is 47.4 Å². The first-order chi connectivity index (χ1) is 17.9. The summed E-state index contributed by atoms with van der Waals surface area (Å²) < 4.78 is 0. The average molecular weight is 544 g/mol. The van der Waals surface area contributed by atoms with Gasteiger partial charge in [0.05, 0.1) is 30.4 Å². The molecule has 0 aromatic rings. The number of aliphatic hydroxyl groups excluding tert-OH is 2. The molecule has 2 fully saturated rings. The Kier molecular flexibility index (Phi) is 14.4. The number of hydrogen-bond acceptors (Lipinski definition) is 9. The number of carboxylic acid groups (broad SMARTS) is 1. The number of unbranched alkanes of at least 4 members (excludes halogenated alkanes) is 4. The summed E-state index contributed by atoms with van der Waals surface area (Å²) >= 11 is 0. The lowest BCUT2D eigenvalue weighted by Gasteiger charge is -2.41. The van der Waals surface area contributed by atoms with E-state index in [0.29, 0.717) is 25.0 Å². The Bertz CT molecular complexity index is 686. The predicted molar refractivity (Wildman–Crippen MR) is 151 cm³/mol. The molecule has 10 heteroatoms. The van der Waals surface area contributed by atoms with Gasteiger partial charge in [-0.25, -0.2) is 0 Å². The molecule has 0 bridgehead atoms. The molecule has 0 unspecified atom stereocenters. The lowest BCUT2D eigenvalue weighted by atomic mass is 9.86. The van der Waals surface area contributed by atoms with E-state index in [0.717, 1.165) is 77.2 Å². The fraction of sp³-hybridized carbons (Fsp3) is 0.964. The van der Waals surface area contributed by atoms with Gasteiger partial charge in [0.25, 0.3) is 0 Å². The third-order valence-electron chi connectivity index (χ3n) is 8.43. The van der Waals surface area contributed by atoms with Crippen molar-refractivity contribution in [3.63, 3.8) is 0 Å².